The zero-order chi connectivity index (χ0) is 13.5. The number of rotatable bonds is 5. The van der Waals surface area contributed by atoms with E-state index in [1.807, 2.05) is 36.5 Å². The molecule has 0 saturated heterocycles. The van der Waals surface area contributed by atoms with Crippen LogP contribution in [0.5, 0.6) is 5.75 Å². The van der Waals surface area contributed by atoms with Crippen LogP contribution in [0.1, 0.15) is 18.5 Å². The lowest BCUT2D eigenvalue weighted by Gasteiger charge is -2.14. The number of amides is 3. The summed E-state index contributed by atoms with van der Waals surface area (Å²) in [6, 6.07) is 6.62. The van der Waals surface area contributed by atoms with Gasteiger partial charge < -0.3 is 15.8 Å². The number of benzene rings is 1. The van der Waals surface area contributed by atoms with Crippen molar-refractivity contribution in [2.75, 3.05) is 13.7 Å². The van der Waals surface area contributed by atoms with E-state index in [-0.39, 0.29) is 12.6 Å². The molecule has 6 heteroatoms. The van der Waals surface area contributed by atoms with Crippen molar-refractivity contribution in [3.63, 3.8) is 0 Å². The van der Waals surface area contributed by atoms with Crippen LogP contribution in [0.3, 0.4) is 0 Å². The van der Waals surface area contributed by atoms with E-state index in [9.17, 15) is 9.59 Å². The summed E-state index contributed by atoms with van der Waals surface area (Å²) in [4.78, 5) is 21.7. The Morgan fingerprint density at radius 1 is 1.44 bits per heavy atom. The summed E-state index contributed by atoms with van der Waals surface area (Å²) in [5.74, 6) is 0.292. The number of carbonyl (C=O) groups is 2. The second kappa shape index (κ2) is 6.61. The predicted molar refractivity (Wildman–Crippen MR) is 67.1 cm³/mol. The number of methoxy groups -OCH3 is 1. The molecule has 0 heterocycles. The molecule has 0 spiro atoms. The maximum absolute atomic E-state index is 11.2. The first kappa shape index (κ1) is 14.0. The van der Waals surface area contributed by atoms with Gasteiger partial charge in [-0.05, 0) is 24.6 Å². The van der Waals surface area contributed by atoms with E-state index in [0.29, 0.717) is 0 Å². The van der Waals surface area contributed by atoms with Crippen molar-refractivity contribution in [1.82, 2.24) is 10.6 Å². The highest BCUT2D eigenvalue weighted by atomic mass is 16.5. The lowest BCUT2D eigenvalue weighted by Crippen LogP contribution is -2.41. The Morgan fingerprint density at radius 2 is 2.17 bits per heavy atom. The molecule has 4 N–H and O–H groups in total. The summed E-state index contributed by atoms with van der Waals surface area (Å²) in [6.45, 7) is 1.92. The number of nitrogens with two attached hydrogens (primary N) is 1. The number of urea groups is 1. The molecule has 0 aromatic heterocycles. The van der Waals surface area contributed by atoms with Crippen molar-refractivity contribution >= 4 is 11.9 Å². The first-order chi connectivity index (χ1) is 8.52. The quantitative estimate of drug-likeness (QED) is 0.712. The molecule has 0 unspecified atom stereocenters. The Kier molecular flexibility index (Phi) is 5.13. The maximum Gasteiger partial charge on any atom is 0.318 e. The Bertz CT molecular complexity index is 434. The van der Waals surface area contributed by atoms with Gasteiger partial charge in [-0.3, -0.25) is 10.1 Å². The lowest BCUT2D eigenvalue weighted by molar-refractivity contribution is -0.119. The van der Waals surface area contributed by atoms with Gasteiger partial charge in [-0.1, -0.05) is 12.1 Å². The zero-order valence-electron chi connectivity index (χ0n) is 10.4. The first-order valence-electron chi connectivity index (χ1n) is 5.49. The average Bonchev–Trinajstić information content (AvgIpc) is 2.35. The number of hydrogen-bond donors (Lipinski definition) is 3. The van der Waals surface area contributed by atoms with E-state index in [1.54, 1.807) is 7.11 Å². The van der Waals surface area contributed by atoms with Crippen LogP contribution >= 0.6 is 0 Å². The predicted octanol–water partition coefficient (Wildman–Crippen LogP) is 0.541. The van der Waals surface area contributed by atoms with Crippen LogP contribution in [-0.2, 0) is 4.79 Å². The van der Waals surface area contributed by atoms with Crippen molar-refractivity contribution in [1.29, 1.82) is 0 Å². The number of hydrogen-bond acceptors (Lipinski definition) is 4. The number of primary amides is 1. The van der Waals surface area contributed by atoms with Gasteiger partial charge >= 0.3 is 6.03 Å². The largest absolute Gasteiger partial charge is 0.497 e. The highest BCUT2D eigenvalue weighted by molar-refractivity contribution is 5.94. The molecule has 0 saturated carbocycles. The molecule has 98 valence electrons. The molecule has 0 aliphatic rings. The van der Waals surface area contributed by atoms with E-state index in [0.717, 1.165) is 11.3 Å². The topological polar surface area (TPSA) is 93.4 Å². The van der Waals surface area contributed by atoms with E-state index in [4.69, 9.17) is 10.5 Å². The molecule has 3 amide bonds. The fourth-order valence-electron chi connectivity index (χ4n) is 1.46. The van der Waals surface area contributed by atoms with E-state index >= 15 is 0 Å². The van der Waals surface area contributed by atoms with Gasteiger partial charge in [0.2, 0.25) is 5.91 Å². The van der Waals surface area contributed by atoms with Gasteiger partial charge in [-0.15, -0.1) is 0 Å². The fourth-order valence-corrected chi connectivity index (χ4v) is 1.46. The molecule has 0 bridgehead atoms. The van der Waals surface area contributed by atoms with Gasteiger partial charge in [0, 0.05) is 6.04 Å². The van der Waals surface area contributed by atoms with Gasteiger partial charge in [0.1, 0.15) is 5.75 Å². The summed E-state index contributed by atoms with van der Waals surface area (Å²) in [5, 5.41) is 4.96. The van der Waals surface area contributed by atoms with Gasteiger partial charge in [0.25, 0.3) is 0 Å². The number of nitrogens with one attached hydrogen (secondary N) is 2. The van der Waals surface area contributed by atoms with Crippen molar-refractivity contribution in [2.24, 2.45) is 5.73 Å². The molecule has 0 aliphatic heterocycles. The summed E-state index contributed by atoms with van der Waals surface area (Å²) in [5.41, 5.74) is 5.82. The Labute approximate surface area is 105 Å². The second-order valence-corrected chi connectivity index (χ2v) is 3.79. The second-order valence-electron chi connectivity index (χ2n) is 3.79. The van der Waals surface area contributed by atoms with E-state index in [2.05, 4.69) is 5.32 Å². The standard InChI is InChI=1S/C12H17N3O3/c1-8(14-7-11(16)15-12(13)17)9-4-3-5-10(6-9)18-2/h3-6,8,14H,7H2,1-2H3,(H3,13,15,16,17)/t8-/m0/s1. The van der Waals surface area contributed by atoms with Gasteiger partial charge in [-0.25, -0.2) is 4.79 Å². The Hall–Kier alpha value is -2.08. The summed E-state index contributed by atoms with van der Waals surface area (Å²) < 4.78 is 5.11. The normalized spacial score (nSPS) is 11.7. The number of carbonyl (C=O) groups excluding carboxylic acids is 2. The molecule has 0 fully saturated rings. The highest BCUT2D eigenvalue weighted by Gasteiger charge is 2.09. The number of ether oxygens (including phenoxy) is 1. The maximum atomic E-state index is 11.2. The molecule has 1 rings (SSSR count). The fraction of sp³-hybridized carbons (Fsp3) is 0.333. The molecule has 18 heavy (non-hydrogen) atoms. The molecule has 1 atom stereocenters. The van der Waals surface area contributed by atoms with Gasteiger partial charge in [0.15, 0.2) is 0 Å². The van der Waals surface area contributed by atoms with Crippen molar-refractivity contribution in [2.45, 2.75) is 13.0 Å². The van der Waals surface area contributed by atoms with Crippen LogP contribution in [0.4, 0.5) is 4.79 Å². The molecular formula is C12H17N3O3. The van der Waals surface area contributed by atoms with Crippen LogP contribution < -0.4 is 21.1 Å². The highest BCUT2D eigenvalue weighted by Crippen LogP contribution is 2.18. The van der Waals surface area contributed by atoms with Crippen LogP contribution in [-0.4, -0.2) is 25.6 Å². The van der Waals surface area contributed by atoms with Crippen LogP contribution in [0, 0.1) is 0 Å². The Morgan fingerprint density at radius 3 is 2.78 bits per heavy atom. The van der Waals surface area contributed by atoms with E-state index < -0.39 is 11.9 Å². The van der Waals surface area contributed by atoms with Crippen molar-refractivity contribution < 1.29 is 14.3 Å². The first-order valence-corrected chi connectivity index (χ1v) is 5.49. The molecule has 0 radical (unpaired) electrons. The summed E-state index contributed by atoms with van der Waals surface area (Å²) in [7, 11) is 1.59. The SMILES string of the molecule is COc1cccc([C@H](C)NCC(=O)NC(N)=O)c1. The molecule has 6 nitrogen and oxygen atoms in total. The minimum absolute atomic E-state index is 0.0152. The minimum Gasteiger partial charge on any atom is -0.497 e. The third-order valence-corrected chi connectivity index (χ3v) is 2.43. The van der Waals surface area contributed by atoms with Gasteiger partial charge in [-0.2, -0.15) is 0 Å². The lowest BCUT2D eigenvalue weighted by atomic mass is 10.1. The van der Waals surface area contributed by atoms with Gasteiger partial charge in [0.05, 0.1) is 13.7 Å². The zero-order valence-corrected chi connectivity index (χ0v) is 10.4. The van der Waals surface area contributed by atoms with E-state index in [1.165, 1.54) is 0 Å². The van der Waals surface area contributed by atoms with Crippen LogP contribution in [0.15, 0.2) is 24.3 Å². The molecular weight excluding hydrogens is 234 g/mol. The third kappa shape index (κ3) is 4.42. The summed E-state index contributed by atoms with van der Waals surface area (Å²) in [6.07, 6.45) is 0. The van der Waals surface area contributed by atoms with Crippen molar-refractivity contribution in [3.8, 4) is 5.75 Å². The molecule has 0 aliphatic carbocycles. The third-order valence-electron chi connectivity index (χ3n) is 2.43. The Balaban J connectivity index is 2.51. The average molecular weight is 251 g/mol. The molecule has 1 aromatic carbocycles. The van der Waals surface area contributed by atoms with Crippen molar-refractivity contribution in [3.05, 3.63) is 29.8 Å². The van der Waals surface area contributed by atoms with Crippen LogP contribution in [0.2, 0.25) is 0 Å². The minimum atomic E-state index is -0.851. The number of imide groups is 1. The van der Waals surface area contributed by atoms with Crippen LogP contribution in [0.25, 0.3) is 0 Å². The monoisotopic (exact) mass is 251 g/mol. The smallest absolute Gasteiger partial charge is 0.318 e. The summed E-state index contributed by atoms with van der Waals surface area (Å²) >= 11 is 0. The molecule has 1 aromatic rings.